The van der Waals surface area contributed by atoms with E-state index in [1.165, 1.54) is 0 Å². The Morgan fingerprint density at radius 2 is 1.84 bits per heavy atom. The van der Waals surface area contributed by atoms with Crippen LogP contribution in [0.2, 0.25) is 5.02 Å². The third-order valence-corrected chi connectivity index (χ3v) is 6.49. The van der Waals surface area contributed by atoms with Gasteiger partial charge >= 0.3 is 5.97 Å². The van der Waals surface area contributed by atoms with Gasteiger partial charge in [0, 0.05) is 36.0 Å². The molecule has 1 heterocycles. The van der Waals surface area contributed by atoms with Gasteiger partial charge in [-0.1, -0.05) is 72.2 Å². The van der Waals surface area contributed by atoms with Crippen molar-refractivity contribution in [3.8, 4) is 0 Å². The molecule has 0 saturated heterocycles. The predicted octanol–water partition coefficient (Wildman–Crippen LogP) is 6.60. The van der Waals surface area contributed by atoms with Crippen LogP contribution in [-0.4, -0.2) is 28.4 Å². The standard InChI is InChI=1S/C26H38ClNO3/c1-24(2,3)13-12-18-10-11-19(15-20(18)27)26(7)16-22(29)28(14-8-9-23(30)31)17-21(26)25(4,5)6/h10-11,15,17H,8-9,12-14,16H2,1-7H3,(H,30,31). The molecule has 1 amide bonds. The van der Waals surface area contributed by atoms with Crippen molar-refractivity contribution < 1.29 is 14.7 Å². The van der Waals surface area contributed by atoms with Crippen molar-refractivity contribution >= 4 is 23.5 Å². The summed E-state index contributed by atoms with van der Waals surface area (Å²) in [5, 5.41) is 9.68. The molecule has 0 spiro atoms. The lowest BCUT2D eigenvalue weighted by atomic mass is 9.63. The van der Waals surface area contributed by atoms with E-state index in [0.717, 1.165) is 34.6 Å². The van der Waals surface area contributed by atoms with Crippen molar-refractivity contribution in [3.05, 3.63) is 46.1 Å². The van der Waals surface area contributed by atoms with Crippen molar-refractivity contribution in [2.75, 3.05) is 6.54 Å². The van der Waals surface area contributed by atoms with Gasteiger partial charge in [0.2, 0.25) is 5.91 Å². The number of halogens is 1. The number of carboxylic acids is 1. The van der Waals surface area contributed by atoms with Gasteiger partial charge in [-0.2, -0.15) is 0 Å². The summed E-state index contributed by atoms with van der Waals surface area (Å²) in [6.07, 6.45) is 4.79. The smallest absolute Gasteiger partial charge is 0.303 e. The fourth-order valence-corrected chi connectivity index (χ4v) is 4.62. The molecule has 1 aromatic carbocycles. The van der Waals surface area contributed by atoms with Crippen molar-refractivity contribution in [1.29, 1.82) is 0 Å². The molecule has 0 saturated carbocycles. The van der Waals surface area contributed by atoms with E-state index in [1.807, 2.05) is 12.3 Å². The van der Waals surface area contributed by atoms with Crippen LogP contribution in [0.3, 0.4) is 0 Å². The molecule has 1 aliphatic heterocycles. The molecule has 0 bridgehead atoms. The number of carbonyl (C=O) groups excluding carboxylic acids is 1. The molecule has 5 heteroatoms. The van der Waals surface area contributed by atoms with Gasteiger partial charge in [0.25, 0.3) is 0 Å². The summed E-state index contributed by atoms with van der Waals surface area (Å²) in [5.74, 6) is -0.815. The van der Waals surface area contributed by atoms with Gasteiger partial charge in [-0.25, -0.2) is 0 Å². The molecule has 31 heavy (non-hydrogen) atoms. The molecule has 4 nitrogen and oxygen atoms in total. The van der Waals surface area contributed by atoms with E-state index < -0.39 is 11.4 Å². The Morgan fingerprint density at radius 1 is 1.19 bits per heavy atom. The monoisotopic (exact) mass is 447 g/mol. The average molecular weight is 448 g/mol. The lowest BCUT2D eigenvalue weighted by molar-refractivity contribution is -0.138. The minimum atomic E-state index is -0.837. The normalized spacial score (nSPS) is 20.1. The van der Waals surface area contributed by atoms with Crippen LogP contribution < -0.4 is 0 Å². The fraction of sp³-hybridized carbons (Fsp3) is 0.615. The molecule has 0 radical (unpaired) electrons. The van der Waals surface area contributed by atoms with Gasteiger partial charge in [0.15, 0.2) is 0 Å². The van der Waals surface area contributed by atoms with Crippen LogP contribution in [0.4, 0.5) is 0 Å². The quantitative estimate of drug-likeness (QED) is 0.512. The molecule has 2 rings (SSSR count). The van der Waals surface area contributed by atoms with E-state index in [-0.39, 0.29) is 23.2 Å². The van der Waals surface area contributed by atoms with E-state index in [1.54, 1.807) is 4.90 Å². The van der Waals surface area contributed by atoms with Gasteiger partial charge in [-0.05, 0) is 52.9 Å². The summed E-state index contributed by atoms with van der Waals surface area (Å²) in [5.41, 5.74) is 2.99. The molecular formula is C26H38ClNO3. The number of aliphatic carboxylic acids is 1. The number of benzene rings is 1. The zero-order valence-electron chi connectivity index (χ0n) is 20.1. The van der Waals surface area contributed by atoms with Gasteiger partial charge in [-0.15, -0.1) is 0 Å². The first-order valence-corrected chi connectivity index (χ1v) is 11.5. The van der Waals surface area contributed by atoms with Crippen molar-refractivity contribution in [1.82, 2.24) is 4.90 Å². The zero-order valence-corrected chi connectivity index (χ0v) is 20.9. The second kappa shape index (κ2) is 9.36. The van der Waals surface area contributed by atoms with Crippen LogP contribution in [0.15, 0.2) is 30.0 Å². The summed E-state index contributed by atoms with van der Waals surface area (Å²) in [6, 6.07) is 6.27. The molecule has 0 fully saturated rings. The highest BCUT2D eigenvalue weighted by molar-refractivity contribution is 6.31. The van der Waals surface area contributed by atoms with E-state index in [9.17, 15) is 9.59 Å². The maximum atomic E-state index is 13.0. The van der Waals surface area contributed by atoms with Gasteiger partial charge in [0.05, 0.1) is 0 Å². The highest BCUT2D eigenvalue weighted by atomic mass is 35.5. The molecule has 1 aliphatic rings. The lowest BCUT2D eigenvalue weighted by Crippen LogP contribution is -2.44. The van der Waals surface area contributed by atoms with Crippen molar-refractivity contribution in [3.63, 3.8) is 0 Å². The summed E-state index contributed by atoms with van der Waals surface area (Å²) in [4.78, 5) is 25.6. The van der Waals surface area contributed by atoms with Crippen LogP contribution in [0.5, 0.6) is 0 Å². The molecule has 1 N–H and O–H groups in total. The van der Waals surface area contributed by atoms with Gasteiger partial charge in [-0.3, -0.25) is 9.59 Å². The number of carbonyl (C=O) groups is 2. The summed E-state index contributed by atoms with van der Waals surface area (Å²) >= 11 is 6.69. The largest absolute Gasteiger partial charge is 0.481 e. The first kappa shape index (κ1) is 25.5. The Hall–Kier alpha value is -1.81. The molecule has 1 unspecified atom stereocenters. The number of amides is 1. The fourth-order valence-electron chi connectivity index (χ4n) is 4.34. The molecule has 1 aromatic rings. The Bertz CT molecular complexity index is 860. The summed E-state index contributed by atoms with van der Waals surface area (Å²) < 4.78 is 0. The van der Waals surface area contributed by atoms with E-state index in [0.29, 0.717) is 19.4 Å². The second-order valence-corrected chi connectivity index (χ2v) is 11.7. The Kier molecular flexibility index (Phi) is 7.68. The Labute approximate surface area is 192 Å². The number of hydrogen-bond acceptors (Lipinski definition) is 2. The van der Waals surface area contributed by atoms with E-state index in [2.05, 4.69) is 60.6 Å². The summed E-state index contributed by atoms with van der Waals surface area (Å²) in [6.45, 7) is 15.7. The predicted molar refractivity (Wildman–Crippen MR) is 127 cm³/mol. The first-order valence-electron chi connectivity index (χ1n) is 11.2. The lowest BCUT2D eigenvalue weighted by Gasteiger charge is -2.44. The van der Waals surface area contributed by atoms with E-state index in [4.69, 9.17) is 16.7 Å². The number of carboxylic acid groups (broad SMARTS) is 1. The average Bonchev–Trinajstić information content (AvgIpc) is 2.60. The Balaban J connectivity index is 2.38. The first-order chi connectivity index (χ1) is 14.1. The highest BCUT2D eigenvalue weighted by Gasteiger charge is 2.43. The van der Waals surface area contributed by atoms with Crippen LogP contribution in [-0.2, 0) is 21.4 Å². The molecule has 0 aromatic heterocycles. The maximum Gasteiger partial charge on any atom is 0.303 e. The molecule has 1 atom stereocenters. The minimum absolute atomic E-state index is 0.0221. The topological polar surface area (TPSA) is 57.6 Å². The minimum Gasteiger partial charge on any atom is -0.481 e. The van der Waals surface area contributed by atoms with Crippen LogP contribution >= 0.6 is 11.6 Å². The Morgan fingerprint density at radius 3 is 2.35 bits per heavy atom. The van der Waals surface area contributed by atoms with Gasteiger partial charge in [0.1, 0.15) is 0 Å². The number of rotatable bonds is 7. The van der Waals surface area contributed by atoms with Crippen LogP contribution in [0, 0.1) is 10.8 Å². The van der Waals surface area contributed by atoms with Crippen LogP contribution in [0.25, 0.3) is 0 Å². The van der Waals surface area contributed by atoms with Crippen LogP contribution in [0.1, 0.15) is 85.3 Å². The third-order valence-electron chi connectivity index (χ3n) is 6.14. The molecular weight excluding hydrogens is 410 g/mol. The number of aryl methyl sites for hydroxylation is 1. The van der Waals surface area contributed by atoms with Crippen molar-refractivity contribution in [2.45, 2.75) is 86.0 Å². The maximum absolute atomic E-state index is 13.0. The highest BCUT2D eigenvalue weighted by Crippen LogP contribution is 2.48. The molecule has 0 aliphatic carbocycles. The zero-order chi connectivity index (χ0) is 23.6. The van der Waals surface area contributed by atoms with Crippen molar-refractivity contribution in [2.24, 2.45) is 10.8 Å². The second-order valence-electron chi connectivity index (χ2n) is 11.3. The van der Waals surface area contributed by atoms with E-state index >= 15 is 0 Å². The SMILES string of the molecule is CC(C)(C)CCc1ccc(C2(C)CC(=O)N(CCCC(=O)O)C=C2C(C)(C)C)cc1Cl. The number of nitrogens with zero attached hydrogens (tertiary/aromatic N) is 1. The summed E-state index contributed by atoms with van der Waals surface area (Å²) in [7, 11) is 0. The number of allylic oxidation sites excluding steroid dienone is 1. The third kappa shape index (κ3) is 6.58. The number of hydrogen-bond donors (Lipinski definition) is 1. The van der Waals surface area contributed by atoms with Gasteiger partial charge < -0.3 is 10.0 Å². The molecule has 172 valence electrons.